The molecule has 0 radical (unpaired) electrons. The summed E-state index contributed by atoms with van der Waals surface area (Å²) in [5, 5.41) is 4.86. The van der Waals surface area contributed by atoms with Crippen molar-refractivity contribution in [3.63, 3.8) is 0 Å². The van der Waals surface area contributed by atoms with Gasteiger partial charge >= 0.3 is 0 Å². The molecule has 4 aromatic heterocycles. The number of ether oxygens (including phenoxy) is 1. The lowest BCUT2D eigenvalue weighted by Gasteiger charge is -2.30. The molecule has 0 saturated carbocycles. The number of allylic oxidation sites excluding steroid dienone is 2. The highest BCUT2D eigenvalue weighted by Crippen LogP contribution is 2.33. The Labute approximate surface area is 246 Å². The molecule has 12 nitrogen and oxygen atoms in total. The van der Waals surface area contributed by atoms with E-state index in [0.29, 0.717) is 47.3 Å². The summed E-state index contributed by atoms with van der Waals surface area (Å²) in [5.41, 5.74) is 3.48. The van der Waals surface area contributed by atoms with Crippen LogP contribution in [0.3, 0.4) is 0 Å². The van der Waals surface area contributed by atoms with Crippen molar-refractivity contribution in [2.75, 3.05) is 43.0 Å². The predicted octanol–water partition coefficient (Wildman–Crippen LogP) is 3.46. The molecule has 1 aromatic carbocycles. The number of benzene rings is 1. The number of nitrogens with one attached hydrogen (secondary N) is 1. The van der Waals surface area contributed by atoms with Gasteiger partial charge in [0.25, 0.3) is 11.5 Å². The summed E-state index contributed by atoms with van der Waals surface area (Å²) in [6.07, 6.45) is 12.2. The Morgan fingerprint density at radius 1 is 0.953 bits per heavy atom. The van der Waals surface area contributed by atoms with Crippen molar-refractivity contribution in [2.45, 2.75) is 32.4 Å². The van der Waals surface area contributed by atoms with Crippen molar-refractivity contribution >= 4 is 45.2 Å². The van der Waals surface area contributed by atoms with Gasteiger partial charge in [-0.2, -0.15) is 4.98 Å². The molecule has 5 aromatic rings. The van der Waals surface area contributed by atoms with Gasteiger partial charge in [0.15, 0.2) is 12.3 Å². The summed E-state index contributed by atoms with van der Waals surface area (Å²) < 4.78 is 11.3. The van der Waals surface area contributed by atoms with Gasteiger partial charge in [-0.15, -0.1) is 0 Å². The third-order valence-corrected chi connectivity index (χ3v) is 8.49. The zero-order valence-corrected chi connectivity index (χ0v) is 23.6. The van der Waals surface area contributed by atoms with Crippen LogP contribution in [0.2, 0.25) is 0 Å². The van der Waals surface area contributed by atoms with Crippen molar-refractivity contribution in [1.29, 1.82) is 0 Å². The van der Waals surface area contributed by atoms with Gasteiger partial charge in [0.2, 0.25) is 11.8 Å². The molecule has 0 spiro atoms. The molecule has 1 saturated heterocycles. The number of aromatic nitrogens is 6. The molecule has 1 fully saturated rings. The smallest absolute Gasteiger partial charge is 0.278 e. The Morgan fingerprint density at radius 2 is 1.88 bits per heavy atom. The minimum Gasteiger partial charge on any atom is -0.466 e. The van der Waals surface area contributed by atoms with Crippen LogP contribution in [-0.2, 0) is 17.9 Å². The van der Waals surface area contributed by atoms with Gasteiger partial charge in [-0.05, 0) is 62.7 Å². The van der Waals surface area contributed by atoms with E-state index >= 15 is 0 Å². The summed E-state index contributed by atoms with van der Waals surface area (Å²) >= 11 is 0. The van der Waals surface area contributed by atoms with Crippen LogP contribution in [0, 0.1) is 0 Å². The Balaban J connectivity index is 1.17. The number of hydrogen-bond donors (Lipinski definition) is 1. The zero-order chi connectivity index (χ0) is 28.9. The third kappa shape index (κ3) is 4.54. The van der Waals surface area contributed by atoms with Gasteiger partial charge in [0.1, 0.15) is 11.1 Å². The highest BCUT2D eigenvalue weighted by Gasteiger charge is 2.28. The third-order valence-electron chi connectivity index (χ3n) is 8.49. The van der Waals surface area contributed by atoms with Gasteiger partial charge in [-0.3, -0.25) is 9.59 Å². The molecule has 0 aliphatic carbocycles. The standard InChI is InChI=1S/C31H31N9O3/c41-27-20-43-29-26-17-23(18-32-29)40-28-24(30(42)39(40)12-4-2-1-3-11-38(26)27)19-33-31(35-28)34-22-6-7-25-21(16-22)8-13-37(25)15-14-36-9-5-10-36/h2,4,6-8,13,16-19H,1,3,5,9-12,14-15,20H2,(H,33,34,35). The van der Waals surface area contributed by atoms with Crippen LogP contribution in [0.15, 0.2) is 65.9 Å². The zero-order valence-electron chi connectivity index (χ0n) is 23.6. The Morgan fingerprint density at radius 3 is 2.77 bits per heavy atom. The van der Waals surface area contributed by atoms with E-state index in [-0.39, 0.29) is 18.1 Å². The number of pyridine rings is 1. The van der Waals surface area contributed by atoms with Crippen LogP contribution in [0.25, 0.3) is 27.6 Å². The molecule has 8 rings (SSSR count). The summed E-state index contributed by atoms with van der Waals surface area (Å²) in [6.45, 7) is 5.31. The first-order valence-corrected chi connectivity index (χ1v) is 14.8. The molecule has 218 valence electrons. The minimum absolute atomic E-state index is 0.0380. The molecule has 1 amide bonds. The van der Waals surface area contributed by atoms with Crippen LogP contribution in [-0.4, -0.2) is 72.5 Å². The fourth-order valence-corrected chi connectivity index (χ4v) is 6.07. The first-order chi connectivity index (χ1) is 21.1. The van der Waals surface area contributed by atoms with Crippen molar-refractivity contribution in [1.82, 2.24) is 33.8 Å². The van der Waals surface area contributed by atoms with Gasteiger partial charge in [-0.1, -0.05) is 12.2 Å². The monoisotopic (exact) mass is 577 g/mol. The van der Waals surface area contributed by atoms with E-state index in [4.69, 9.17) is 9.72 Å². The molecule has 43 heavy (non-hydrogen) atoms. The van der Waals surface area contributed by atoms with Gasteiger partial charge in [-0.25, -0.2) is 19.3 Å². The number of hydrogen-bond acceptors (Lipinski definition) is 8. The number of carbonyl (C=O) groups excluding carboxylic acids is 1. The van der Waals surface area contributed by atoms with Gasteiger partial charge in [0, 0.05) is 48.6 Å². The largest absolute Gasteiger partial charge is 0.466 e. The SMILES string of the molecule is O=C1COc2ncc3cc2N1CCCC=CCn1c(=O)c2cnc(Nc4ccc5c(ccn5CCN5CCC5)c4)nc2n1-3. The first-order valence-electron chi connectivity index (χ1n) is 14.8. The maximum absolute atomic E-state index is 13.6. The molecule has 12 heteroatoms. The minimum atomic E-state index is -0.203. The number of anilines is 3. The fourth-order valence-electron chi connectivity index (χ4n) is 6.07. The van der Waals surface area contributed by atoms with E-state index in [2.05, 4.69) is 49.1 Å². The molecule has 1 N–H and O–H groups in total. The summed E-state index contributed by atoms with van der Waals surface area (Å²) in [6, 6.07) is 10.2. The maximum atomic E-state index is 13.6. The van der Waals surface area contributed by atoms with Crippen molar-refractivity contribution in [2.24, 2.45) is 0 Å². The lowest BCUT2D eigenvalue weighted by molar-refractivity contribution is -0.121. The van der Waals surface area contributed by atoms with E-state index < -0.39 is 0 Å². The molecule has 3 aliphatic rings. The van der Waals surface area contributed by atoms with Gasteiger partial charge < -0.3 is 24.4 Å². The highest BCUT2D eigenvalue weighted by molar-refractivity contribution is 5.97. The molecule has 7 heterocycles. The van der Waals surface area contributed by atoms with E-state index in [1.54, 1.807) is 26.7 Å². The van der Waals surface area contributed by atoms with Gasteiger partial charge in [0.05, 0.1) is 18.4 Å². The van der Waals surface area contributed by atoms with E-state index in [9.17, 15) is 9.59 Å². The fraction of sp³-hybridized carbons (Fsp3) is 0.323. The summed E-state index contributed by atoms with van der Waals surface area (Å²) in [7, 11) is 0. The molecular formula is C31H31N9O3. The quantitative estimate of drug-likeness (QED) is 0.316. The Hall–Kier alpha value is -4.97. The first kappa shape index (κ1) is 25.7. The number of amides is 1. The Bertz CT molecular complexity index is 1970. The maximum Gasteiger partial charge on any atom is 0.278 e. The predicted molar refractivity (Wildman–Crippen MR) is 163 cm³/mol. The van der Waals surface area contributed by atoms with Crippen molar-refractivity contribution in [3.8, 4) is 11.6 Å². The van der Waals surface area contributed by atoms with Crippen LogP contribution in [0.1, 0.15) is 19.3 Å². The summed E-state index contributed by atoms with van der Waals surface area (Å²) in [5.74, 6) is 0.667. The molecular weight excluding hydrogens is 546 g/mol. The number of carbonyl (C=O) groups is 1. The van der Waals surface area contributed by atoms with Crippen LogP contribution >= 0.6 is 0 Å². The molecule has 3 aliphatic heterocycles. The average Bonchev–Trinajstić information content (AvgIpc) is 3.51. The highest BCUT2D eigenvalue weighted by atomic mass is 16.5. The van der Waals surface area contributed by atoms with Crippen molar-refractivity contribution < 1.29 is 9.53 Å². The van der Waals surface area contributed by atoms with E-state index in [0.717, 1.165) is 37.0 Å². The lowest BCUT2D eigenvalue weighted by Crippen LogP contribution is -2.40. The van der Waals surface area contributed by atoms with Crippen LogP contribution in [0.5, 0.6) is 5.88 Å². The second-order valence-corrected chi connectivity index (χ2v) is 11.2. The second kappa shape index (κ2) is 10.4. The van der Waals surface area contributed by atoms with Crippen molar-refractivity contribution in [3.05, 3.63) is 71.4 Å². The normalized spacial score (nSPS) is 16.8. The summed E-state index contributed by atoms with van der Waals surface area (Å²) in [4.78, 5) is 44.3. The molecule has 2 bridgehead atoms. The van der Waals surface area contributed by atoms with E-state index in [1.165, 1.54) is 25.0 Å². The number of rotatable bonds is 5. The topological polar surface area (TPSA) is 115 Å². The number of fused-ring (bicyclic) bond motifs is 6. The molecule has 0 atom stereocenters. The second-order valence-electron chi connectivity index (χ2n) is 11.2. The number of nitrogens with zero attached hydrogens (tertiary/aromatic N) is 8. The lowest BCUT2D eigenvalue weighted by atomic mass is 10.2. The average molecular weight is 578 g/mol. The Kier molecular flexibility index (Phi) is 6.21. The van der Waals surface area contributed by atoms with E-state index in [1.807, 2.05) is 24.3 Å². The molecule has 0 unspecified atom stereocenters. The van der Waals surface area contributed by atoms with Crippen LogP contribution in [0.4, 0.5) is 17.3 Å². The van der Waals surface area contributed by atoms with Crippen LogP contribution < -0.4 is 20.5 Å². The number of likely N-dealkylation sites (tertiary alicyclic amines) is 1.